The number of nitrogens with zero attached hydrogens (tertiary/aromatic N) is 2. The largest absolute Gasteiger partial charge is 0.228 e. The van der Waals surface area contributed by atoms with Gasteiger partial charge >= 0.3 is 0 Å². The second kappa shape index (κ2) is 4.63. The first-order valence-electron chi connectivity index (χ1n) is 6.15. The molecule has 94 valence electrons. The molecule has 2 aromatic carbocycles. The predicted molar refractivity (Wildman–Crippen MR) is 79.5 cm³/mol. The van der Waals surface area contributed by atoms with Crippen molar-refractivity contribution >= 4 is 22.5 Å². The van der Waals surface area contributed by atoms with Crippen LogP contribution in [-0.2, 0) is 0 Å². The molecular weight excluding hydrogens is 256 g/mol. The topological polar surface area (TPSA) is 25.8 Å². The maximum Gasteiger partial charge on any atom is 0.161 e. The third kappa shape index (κ3) is 2.08. The molecular formula is C16H13ClN2. The number of hydrogen-bond acceptors (Lipinski definition) is 2. The van der Waals surface area contributed by atoms with Gasteiger partial charge in [-0.2, -0.15) is 0 Å². The molecule has 3 rings (SSSR count). The van der Waals surface area contributed by atoms with Crippen LogP contribution in [-0.4, -0.2) is 9.97 Å². The molecule has 1 aromatic heterocycles. The maximum absolute atomic E-state index is 6.32. The third-order valence-electron chi connectivity index (χ3n) is 3.27. The molecule has 3 aromatic rings. The van der Waals surface area contributed by atoms with E-state index in [1.807, 2.05) is 56.3 Å². The first-order chi connectivity index (χ1) is 9.16. The van der Waals surface area contributed by atoms with Crippen LogP contribution in [0.2, 0.25) is 5.15 Å². The van der Waals surface area contributed by atoms with Crippen LogP contribution in [0.25, 0.3) is 22.3 Å². The summed E-state index contributed by atoms with van der Waals surface area (Å²) >= 11 is 6.32. The molecule has 2 nitrogen and oxygen atoms in total. The van der Waals surface area contributed by atoms with E-state index in [1.54, 1.807) is 0 Å². The quantitative estimate of drug-likeness (QED) is 0.604. The second-order valence-electron chi connectivity index (χ2n) is 4.62. The van der Waals surface area contributed by atoms with Gasteiger partial charge < -0.3 is 0 Å². The molecule has 0 bridgehead atoms. The van der Waals surface area contributed by atoms with Gasteiger partial charge in [0.1, 0.15) is 5.15 Å². The molecule has 0 saturated carbocycles. The van der Waals surface area contributed by atoms with Gasteiger partial charge in [0, 0.05) is 10.9 Å². The highest BCUT2D eigenvalue weighted by Crippen LogP contribution is 2.28. The fourth-order valence-corrected chi connectivity index (χ4v) is 2.57. The lowest BCUT2D eigenvalue weighted by Crippen LogP contribution is -1.94. The van der Waals surface area contributed by atoms with Gasteiger partial charge in [-0.3, -0.25) is 0 Å². The Kier molecular flexibility index (Phi) is 2.96. The summed E-state index contributed by atoms with van der Waals surface area (Å²) in [5, 5.41) is 1.45. The lowest BCUT2D eigenvalue weighted by atomic mass is 10.1. The average Bonchev–Trinajstić information content (AvgIpc) is 2.39. The third-order valence-corrected chi connectivity index (χ3v) is 3.55. The van der Waals surface area contributed by atoms with Crippen LogP contribution < -0.4 is 0 Å². The molecule has 0 spiro atoms. The minimum Gasteiger partial charge on any atom is -0.228 e. The molecule has 0 saturated heterocycles. The predicted octanol–water partition coefficient (Wildman–Crippen LogP) is 4.57. The zero-order valence-corrected chi connectivity index (χ0v) is 11.6. The fraction of sp³-hybridized carbons (Fsp3) is 0.125. The van der Waals surface area contributed by atoms with Crippen molar-refractivity contribution in [3.05, 3.63) is 58.7 Å². The van der Waals surface area contributed by atoms with Crippen LogP contribution >= 0.6 is 11.6 Å². The van der Waals surface area contributed by atoms with Crippen LogP contribution in [0.15, 0.2) is 42.5 Å². The fourth-order valence-electron chi connectivity index (χ4n) is 2.25. The molecule has 0 amide bonds. The van der Waals surface area contributed by atoms with E-state index in [0.717, 1.165) is 27.6 Å². The molecule has 0 aliphatic heterocycles. The Balaban J connectivity index is 2.31. The summed E-state index contributed by atoms with van der Waals surface area (Å²) in [5.74, 6) is 0.682. The van der Waals surface area contributed by atoms with E-state index in [0.29, 0.717) is 11.0 Å². The van der Waals surface area contributed by atoms with Crippen molar-refractivity contribution in [2.45, 2.75) is 13.8 Å². The van der Waals surface area contributed by atoms with E-state index >= 15 is 0 Å². The van der Waals surface area contributed by atoms with E-state index in [-0.39, 0.29) is 0 Å². The first-order valence-corrected chi connectivity index (χ1v) is 6.53. The SMILES string of the molecule is Cc1ccccc1-c1nc(Cl)c2c(C)cccc2n1. The zero-order chi connectivity index (χ0) is 13.4. The van der Waals surface area contributed by atoms with Crippen LogP contribution in [0.1, 0.15) is 11.1 Å². The van der Waals surface area contributed by atoms with E-state index in [4.69, 9.17) is 11.6 Å². The summed E-state index contributed by atoms with van der Waals surface area (Å²) in [6.07, 6.45) is 0. The highest BCUT2D eigenvalue weighted by atomic mass is 35.5. The van der Waals surface area contributed by atoms with E-state index < -0.39 is 0 Å². The first kappa shape index (κ1) is 12.1. The second-order valence-corrected chi connectivity index (χ2v) is 4.98. The zero-order valence-electron chi connectivity index (χ0n) is 10.8. The summed E-state index contributed by atoms with van der Waals surface area (Å²) in [7, 11) is 0. The molecule has 3 heteroatoms. The minimum absolute atomic E-state index is 0.515. The maximum atomic E-state index is 6.32. The van der Waals surface area contributed by atoms with Crippen LogP contribution in [0.3, 0.4) is 0 Å². The van der Waals surface area contributed by atoms with Crippen molar-refractivity contribution in [2.24, 2.45) is 0 Å². The van der Waals surface area contributed by atoms with Crippen molar-refractivity contribution in [2.75, 3.05) is 0 Å². The Labute approximate surface area is 117 Å². The van der Waals surface area contributed by atoms with Gasteiger partial charge in [-0.1, -0.05) is 48.0 Å². The molecule has 0 radical (unpaired) electrons. The van der Waals surface area contributed by atoms with Gasteiger partial charge in [-0.25, -0.2) is 9.97 Å². The highest BCUT2D eigenvalue weighted by Gasteiger charge is 2.10. The summed E-state index contributed by atoms with van der Waals surface area (Å²) in [6, 6.07) is 14.0. The number of halogens is 1. The molecule has 0 aliphatic rings. The summed E-state index contributed by atoms with van der Waals surface area (Å²) in [5.41, 5.74) is 4.15. The van der Waals surface area contributed by atoms with E-state index in [1.165, 1.54) is 0 Å². The summed E-state index contributed by atoms with van der Waals surface area (Å²) in [4.78, 5) is 9.08. The Bertz CT molecular complexity index is 766. The Morgan fingerprint density at radius 2 is 1.58 bits per heavy atom. The van der Waals surface area contributed by atoms with E-state index in [9.17, 15) is 0 Å². The number of hydrogen-bond donors (Lipinski definition) is 0. The Morgan fingerprint density at radius 3 is 2.37 bits per heavy atom. The smallest absolute Gasteiger partial charge is 0.161 e. The van der Waals surface area contributed by atoms with Crippen LogP contribution in [0.5, 0.6) is 0 Å². The number of benzene rings is 2. The standard InChI is InChI=1S/C16H13ClN2/c1-10-6-3-4-8-12(10)16-18-13-9-5-7-11(2)14(13)15(17)19-16/h3-9H,1-2H3. The minimum atomic E-state index is 0.515. The average molecular weight is 269 g/mol. The summed E-state index contributed by atoms with van der Waals surface area (Å²) in [6.45, 7) is 4.07. The Hall–Kier alpha value is -1.93. The van der Waals surface area contributed by atoms with Crippen molar-refractivity contribution in [3.8, 4) is 11.4 Å². The van der Waals surface area contributed by atoms with Gasteiger partial charge in [-0.15, -0.1) is 0 Å². The van der Waals surface area contributed by atoms with Crippen LogP contribution in [0.4, 0.5) is 0 Å². The number of aryl methyl sites for hydroxylation is 2. The van der Waals surface area contributed by atoms with Crippen molar-refractivity contribution in [1.29, 1.82) is 0 Å². The molecule has 0 aliphatic carbocycles. The van der Waals surface area contributed by atoms with Gasteiger partial charge in [0.25, 0.3) is 0 Å². The summed E-state index contributed by atoms with van der Waals surface area (Å²) < 4.78 is 0. The van der Waals surface area contributed by atoms with E-state index in [2.05, 4.69) is 9.97 Å². The molecule has 0 atom stereocenters. The molecule has 0 fully saturated rings. The molecule has 0 N–H and O–H groups in total. The normalized spacial score (nSPS) is 10.9. The molecule has 0 unspecified atom stereocenters. The number of aromatic nitrogens is 2. The monoisotopic (exact) mass is 268 g/mol. The number of fused-ring (bicyclic) bond motifs is 1. The van der Waals surface area contributed by atoms with Gasteiger partial charge in [0.2, 0.25) is 0 Å². The molecule has 1 heterocycles. The number of rotatable bonds is 1. The van der Waals surface area contributed by atoms with Crippen molar-refractivity contribution in [3.63, 3.8) is 0 Å². The van der Waals surface area contributed by atoms with Crippen LogP contribution in [0, 0.1) is 13.8 Å². The highest BCUT2D eigenvalue weighted by molar-refractivity contribution is 6.34. The lowest BCUT2D eigenvalue weighted by molar-refractivity contribution is 1.21. The van der Waals surface area contributed by atoms with Crippen molar-refractivity contribution < 1.29 is 0 Å². The van der Waals surface area contributed by atoms with Gasteiger partial charge in [0.05, 0.1) is 5.52 Å². The Morgan fingerprint density at radius 1 is 0.842 bits per heavy atom. The van der Waals surface area contributed by atoms with Gasteiger partial charge in [-0.05, 0) is 31.0 Å². The van der Waals surface area contributed by atoms with Crippen molar-refractivity contribution in [1.82, 2.24) is 9.97 Å². The van der Waals surface area contributed by atoms with Gasteiger partial charge in [0.15, 0.2) is 5.82 Å². The molecule has 19 heavy (non-hydrogen) atoms. The lowest BCUT2D eigenvalue weighted by Gasteiger charge is -2.08.